The van der Waals surface area contributed by atoms with Gasteiger partial charge in [-0.1, -0.05) is 26.0 Å². The van der Waals surface area contributed by atoms with Crippen LogP contribution in [-0.4, -0.2) is 60.8 Å². The molecule has 1 aromatic heterocycles. The first-order chi connectivity index (χ1) is 16.7. The quantitative estimate of drug-likeness (QED) is 0.352. The molecule has 2 rings (SSSR count). The molecule has 1 N–H and O–H groups in total. The second kappa shape index (κ2) is 12.2. The first-order valence-corrected chi connectivity index (χ1v) is 13.2. The number of esters is 1. The topological polar surface area (TPSA) is 127 Å². The molecule has 0 aliphatic carbocycles. The van der Waals surface area contributed by atoms with Crippen LogP contribution >= 0.6 is 0 Å². The zero-order valence-corrected chi connectivity index (χ0v) is 22.0. The van der Waals surface area contributed by atoms with Crippen molar-refractivity contribution in [3.63, 3.8) is 0 Å². The van der Waals surface area contributed by atoms with E-state index in [0.29, 0.717) is 22.5 Å². The third-order valence-electron chi connectivity index (χ3n) is 5.04. The van der Waals surface area contributed by atoms with Gasteiger partial charge in [0, 0.05) is 24.6 Å². The van der Waals surface area contributed by atoms with Gasteiger partial charge >= 0.3 is 5.97 Å². The van der Waals surface area contributed by atoms with Gasteiger partial charge in [-0.3, -0.25) is 9.59 Å². The van der Waals surface area contributed by atoms with Crippen molar-refractivity contribution in [2.24, 2.45) is 0 Å². The van der Waals surface area contributed by atoms with Crippen LogP contribution in [0, 0.1) is 5.82 Å². The van der Waals surface area contributed by atoms with Crippen LogP contribution in [0.3, 0.4) is 0 Å². The number of hydrogen-bond donors (Lipinski definition) is 1. The summed E-state index contributed by atoms with van der Waals surface area (Å²) in [5.74, 6) is -1.83. The average molecular weight is 522 g/mol. The number of Topliss-reactive ketones (excluding diaryl/α,β-unsaturated/α-hetero) is 1. The number of ketones is 1. The van der Waals surface area contributed by atoms with E-state index in [9.17, 15) is 27.5 Å². The molecule has 0 saturated carbocycles. The van der Waals surface area contributed by atoms with Crippen LogP contribution < -0.4 is 4.31 Å². The Morgan fingerprint density at radius 3 is 2.28 bits per heavy atom. The summed E-state index contributed by atoms with van der Waals surface area (Å²) in [6.45, 7) is 7.06. The van der Waals surface area contributed by atoms with E-state index in [1.807, 2.05) is 13.8 Å². The zero-order valence-electron chi connectivity index (χ0n) is 21.2. The first kappa shape index (κ1) is 29.1. The predicted molar refractivity (Wildman–Crippen MR) is 135 cm³/mol. The van der Waals surface area contributed by atoms with E-state index in [1.54, 1.807) is 19.9 Å². The number of halogens is 1. The molecule has 0 bridgehead atoms. The number of anilines is 1. The van der Waals surface area contributed by atoms with E-state index in [2.05, 4.69) is 9.97 Å². The fraction of sp³-hybridized carbons (Fsp3) is 0.440. The Bertz CT molecular complexity index is 1230. The van der Waals surface area contributed by atoms with Crippen molar-refractivity contribution in [3.8, 4) is 11.3 Å². The molecule has 2 aromatic rings. The van der Waals surface area contributed by atoms with Crippen LogP contribution in [0.4, 0.5) is 10.3 Å². The highest BCUT2D eigenvalue weighted by Crippen LogP contribution is 2.31. The van der Waals surface area contributed by atoms with E-state index in [0.717, 1.165) is 10.6 Å². The van der Waals surface area contributed by atoms with Gasteiger partial charge in [0.1, 0.15) is 18.0 Å². The molecule has 0 aliphatic heterocycles. The number of carbonyl (C=O) groups is 2. The lowest BCUT2D eigenvalue weighted by molar-refractivity contribution is -0.149. The second-order valence-corrected chi connectivity index (χ2v) is 11.0. The molecule has 0 aliphatic rings. The number of rotatable bonds is 11. The second-order valence-electron chi connectivity index (χ2n) is 8.95. The van der Waals surface area contributed by atoms with Crippen molar-refractivity contribution >= 4 is 33.8 Å². The largest absolute Gasteiger partial charge is 0.463 e. The van der Waals surface area contributed by atoms with Crippen LogP contribution in [-0.2, 0) is 24.3 Å². The minimum absolute atomic E-state index is 0.0583. The number of benzene rings is 1. The van der Waals surface area contributed by atoms with E-state index < -0.39 is 40.1 Å². The average Bonchev–Trinajstić information content (AvgIpc) is 2.75. The molecule has 0 radical (unpaired) electrons. The summed E-state index contributed by atoms with van der Waals surface area (Å²) in [6, 6.07) is 5.51. The van der Waals surface area contributed by atoms with E-state index in [4.69, 9.17) is 4.74 Å². The maximum atomic E-state index is 13.6. The number of aliphatic hydroxyl groups excluding tert-OH is 1. The van der Waals surface area contributed by atoms with Crippen LogP contribution in [0.25, 0.3) is 17.3 Å². The molecule has 11 heteroatoms. The Morgan fingerprint density at radius 1 is 1.14 bits per heavy atom. The van der Waals surface area contributed by atoms with Crippen molar-refractivity contribution in [1.82, 2.24) is 9.97 Å². The van der Waals surface area contributed by atoms with Gasteiger partial charge in [-0.25, -0.2) is 27.1 Å². The van der Waals surface area contributed by atoms with Gasteiger partial charge in [0.15, 0.2) is 0 Å². The van der Waals surface area contributed by atoms with Gasteiger partial charge in [0.05, 0.1) is 29.9 Å². The fourth-order valence-corrected chi connectivity index (χ4v) is 3.62. The molecule has 0 saturated heterocycles. The van der Waals surface area contributed by atoms with Crippen molar-refractivity contribution in [2.45, 2.75) is 58.7 Å². The molecule has 0 unspecified atom stereocenters. The predicted octanol–water partition coefficient (Wildman–Crippen LogP) is 3.48. The SMILES string of the molecule is CC(C)OC(=O)CC(=O)C[C@H](O)/C=C/c1c(-c2ccc(F)cc2)nc(N(C)S(C)(=O)=O)nc1C(C)C. The van der Waals surface area contributed by atoms with Gasteiger partial charge in [0.2, 0.25) is 16.0 Å². The van der Waals surface area contributed by atoms with Crippen molar-refractivity contribution in [2.75, 3.05) is 17.6 Å². The number of aliphatic hydroxyl groups is 1. The molecule has 9 nitrogen and oxygen atoms in total. The minimum atomic E-state index is -3.66. The molecule has 196 valence electrons. The van der Waals surface area contributed by atoms with Gasteiger partial charge in [-0.05, 0) is 44.0 Å². The van der Waals surface area contributed by atoms with Crippen molar-refractivity contribution < 1.29 is 32.2 Å². The number of sulfonamides is 1. The van der Waals surface area contributed by atoms with Gasteiger partial charge in [0.25, 0.3) is 0 Å². The first-order valence-electron chi connectivity index (χ1n) is 11.4. The lowest BCUT2D eigenvalue weighted by Gasteiger charge is -2.20. The van der Waals surface area contributed by atoms with E-state index in [1.165, 1.54) is 37.4 Å². The molecule has 0 spiro atoms. The number of aromatic nitrogens is 2. The highest BCUT2D eigenvalue weighted by atomic mass is 32.2. The molecule has 1 atom stereocenters. The number of nitrogens with zero attached hydrogens (tertiary/aromatic N) is 3. The third-order valence-corrected chi connectivity index (χ3v) is 6.20. The highest BCUT2D eigenvalue weighted by molar-refractivity contribution is 7.92. The Hall–Kier alpha value is -3.18. The van der Waals surface area contributed by atoms with Crippen LogP contribution in [0.2, 0.25) is 0 Å². The minimum Gasteiger partial charge on any atom is -0.463 e. The Morgan fingerprint density at radius 2 is 1.75 bits per heavy atom. The maximum Gasteiger partial charge on any atom is 0.313 e. The summed E-state index contributed by atoms with van der Waals surface area (Å²) in [4.78, 5) is 32.7. The number of carbonyl (C=O) groups excluding carboxylic acids is 2. The number of hydrogen-bond acceptors (Lipinski definition) is 8. The third kappa shape index (κ3) is 8.20. The van der Waals surface area contributed by atoms with Crippen molar-refractivity contribution in [3.05, 3.63) is 47.4 Å². The normalized spacial score (nSPS) is 12.8. The maximum absolute atomic E-state index is 13.6. The summed E-state index contributed by atoms with van der Waals surface area (Å²) in [7, 11) is -2.33. The summed E-state index contributed by atoms with van der Waals surface area (Å²) < 4.78 is 43.7. The lowest BCUT2D eigenvalue weighted by Crippen LogP contribution is -2.27. The fourth-order valence-electron chi connectivity index (χ4n) is 3.24. The summed E-state index contributed by atoms with van der Waals surface area (Å²) in [5.41, 5.74) is 1.80. The molecule has 36 heavy (non-hydrogen) atoms. The van der Waals surface area contributed by atoms with Gasteiger partial charge < -0.3 is 9.84 Å². The Kier molecular flexibility index (Phi) is 9.83. The van der Waals surface area contributed by atoms with E-state index in [-0.39, 0.29) is 24.4 Å². The van der Waals surface area contributed by atoms with Gasteiger partial charge in [-0.15, -0.1) is 0 Å². The van der Waals surface area contributed by atoms with Gasteiger partial charge in [-0.2, -0.15) is 0 Å². The number of ether oxygens (including phenoxy) is 1. The molecule has 1 heterocycles. The molecule has 0 amide bonds. The Balaban J connectivity index is 2.49. The summed E-state index contributed by atoms with van der Waals surface area (Å²) in [5, 5.41) is 10.4. The van der Waals surface area contributed by atoms with Crippen LogP contribution in [0.1, 0.15) is 57.7 Å². The molecular weight excluding hydrogens is 489 g/mol. The monoisotopic (exact) mass is 521 g/mol. The van der Waals surface area contributed by atoms with Crippen LogP contribution in [0.5, 0.6) is 0 Å². The lowest BCUT2D eigenvalue weighted by atomic mass is 9.97. The molecular formula is C25H32FN3O6S. The Labute approximate surface area is 211 Å². The smallest absolute Gasteiger partial charge is 0.313 e. The van der Waals surface area contributed by atoms with E-state index >= 15 is 0 Å². The standard InChI is InChI=1S/C25H32FN3O6S/c1-15(2)23-21(12-11-19(30)13-20(31)14-22(32)35-16(3)4)24(17-7-9-18(26)10-8-17)28-25(27-23)29(5)36(6,33)34/h7-12,15-16,19,30H,13-14H2,1-6H3/b12-11+/t19-/m1/s1. The highest BCUT2D eigenvalue weighted by Gasteiger charge is 2.22. The van der Waals surface area contributed by atoms with Crippen molar-refractivity contribution in [1.29, 1.82) is 0 Å². The van der Waals surface area contributed by atoms with Crippen LogP contribution in [0.15, 0.2) is 30.3 Å². The summed E-state index contributed by atoms with van der Waals surface area (Å²) >= 11 is 0. The summed E-state index contributed by atoms with van der Waals surface area (Å²) in [6.07, 6.45) is 1.65. The molecule has 1 aromatic carbocycles. The molecule has 0 fully saturated rings. The zero-order chi connectivity index (χ0) is 27.2.